The summed E-state index contributed by atoms with van der Waals surface area (Å²) in [4.78, 5) is 11.9. The van der Waals surface area contributed by atoms with Gasteiger partial charge in [0.15, 0.2) is 0 Å². The van der Waals surface area contributed by atoms with Gasteiger partial charge in [-0.2, -0.15) is 16.9 Å². The van der Waals surface area contributed by atoms with Crippen molar-refractivity contribution >= 4 is 23.4 Å². The molecule has 1 aromatic heterocycles. The number of hydrogen-bond donors (Lipinski definition) is 1. The third-order valence-electron chi connectivity index (χ3n) is 3.41. The van der Waals surface area contributed by atoms with Crippen molar-refractivity contribution < 1.29 is 9.53 Å². The van der Waals surface area contributed by atoms with E-state index in [-0.39, 0.29) is 16.8 Å². The largest absolute Gasteiger partial charge is 0.376 e. The second-order valence-corrected chi connectivity index (χ2v) is 8.62. The van der Waals surface area contributed by atoms with Gasteiger partial charge in [0, 0.05) is 24.0 Å². The number of nitrogens with zero attached hydrogens (tertiary/aromatic N) is 2. The number of amides is 1. The zero-order valence-electron chi connectivity index (χ0n) is 13.8. The number of thioether (sulfide) groups is 1. The van der Waals surface area contributed by atoms with Crippen LogP contribution in [0.2, 0.25) is 0 Å². The lowest BCUT2D eigenvalue weighted by Gasteiger charge is -2.16. The van der Waals surface area contributed by atoms with Crippen molar-refractivity contribution in [3.8, 4) is 0 Å². The summed E-state index contributed by atoms with van der Waals surface area (Å²) in [5.74, 6) is 1.07. The molecule has 22 heavy (non-hydrogen) atoms. The topological polar surface area (TPSA) is 56.2 Å². The van der Waals surface area contributed by atoms with Crippen LogP contribution in [0.25, 0.3) is 0 Å². The Kier molecular flexibility index (Phi) is 6.32. The molecule has 0 saturated carbocycles. The van der Waals surface area contributed by atoms with Crippen LogP contribution in [0, 0.1) is 0 Å². The van der Waals surface area contributed by atoms with Crippen molar-refractivity contribution in [2.24, 2.45) is 0 Å². The smallest absolute Gasteiger partial charge is 0.224 e. The number of hydrogen-bond acceptors (Lipinski definition) is 4. The van der Waals surface area contributed by atoms with E-state index in [1.807, 2.05) is 22.6 Å². The van der Waals surface area contributed by atoms with Gasteiger partial charge in [0.2, 0.25) is 5.91 Å². The summed E-state index contributed by atoms with van der Waals surface area (Å²) in [6, 6.07) is 0. The fourth-order valence-corrected chi connectivity index (χ4v) is 3.26. The Labute approximate surface area is 137 Å². The van der Waals surface area contributed by atoms with Gasteiger partial charge in [0.05, 0.1) is 24.5 Å². The van der Waals surface area contributed by atoms with Crippen LogP contribution in [-0.4, -0.2) is 38.9 Å². The number of ether oxygens (including phenoxy) is 1. The first kappa shape index (κ1) is 17.3. The van der Waals surface area contributed by atoms with E-state index < -0.39 is 0 Å². The lowest BCUT2D eigenvalue weighted by atomic mass is 10.2. The Hall–Kier alpha value is -1.01. The fourth-order valence-electron chi connectivity index (χ4n) is 2.36. The van der Waals surface area contributed by atoms with Crippen molar-refractivity contribution in [2.45, 2.75) is 63.9 Å². The molecule has 6 heteroatoms. The van der Waals surface area contributed by atoms with Gasteiger partial charge >= 0.3 is 0 Å². The Bertz CT molecular complexity index is 476. The molecule has 1 aliphatic rings. The minimum atomic E-state index is 0.0613. The van der Waals surface area contributed by atoms with E-state index in [4.69, 9.17) is 4.74 Å². The van der Waals surface area contributed by atoms with E-state index in [0.717, 1.165) is 43.9 Å². The Balaban J connectivity index is 1.67. The summed E-state index contributed by atoms with van der Waals surface area (Å²) in [5.41, 5.74) is 0.770. The number of aromatic nitrogens is 2. The summed E-state index contributed by atoms with van der Waals surface area (Å²) in [5, 5.41) is 7.19. The molecular weight excluding hydrogens is 298 g/mol. The molecule has 1 amide bonds. The first-order valence-corrected chi connectivity index (χ1v) is 8.99. The zero-order valence-corrected chi connectivity index (χ0v) is 14.6. The van der Waals surface area contributed by atoms with E-state index >= 15 is 0 Å². The van der Waals surface area contributed by atoms with Crippen LogP contribution in [0.5, 0.6) is 0 Å². The number of rotatable bonds is 7. The number of anilines is 1. The average Bonchev–Trinajstić information content (AvgIpc) is 3.06. The van der Waals surface area contributed by atoms with Gasteiger partial charge in [-0.3, -0.25) is 9.48 Å². The highest BCUT2D eigenvalue weighted by Crippen LogP contribution is 2.24. The van der Waals surface area contributed by atoms with Crippen LogP contribution >= 0.6 is 11.8 Å². The zero-order chi connectivity index (χ0) is 16.0. The number of carbonyl (C=O) groups is 1. The molecule has 5 nitrogen and oxygen atoms in total. The SMILES string of the molecule is CC(C)(C)SCCCC(=O)Nc1cnn(C[C@@H]2CCCO2)c1. The Morgan fingerprint density at radius 3 is 3.05 bits per heavy atom. The number of nitrogens with one attached hydrogen (secondary N) is 1. The molecule has 124 valence electrons. The third-order valence-corrected chi connectivity index (χ3v) is 4.77. The molecule has 0 bridgehead atoms. The highest BCUT2D eigenvalue weighted by atomic mass is 32.2. The number of carbonyl (C=O) groups excluding carboxylic acids is 1. The summed E-state index contributed by atoms with van der Waals surface area (Å²) < 4.78 is 7.70. The molecule has 0 aromatic carbocycles. The van der Waals surface area contributed by atoms with Crippen LogP contribution in [0.1, 0.15) is 46.5 Å². The maximum Gasteiger partial charge on any atom is 0.224 e. The van der Waals surface area contributed by atoms with Crippen molar-refractivity contribution in [3.05, 3.63) is 12.4 Å². The Morgan fingerprint density at radius 1 is 1.55 bits per heavy atom. The highest BCUT2D eigenvalue weighted by molar-refractivity contribution is 8.00. The molecule has 0 unspecified atom stereocenters. The van der Waals surface area contributed by atoms with Gasteiger partial charge in [0.25, 0.3) is 0 Å². The highest BCUT2D eigenvalue weighted by Gasteiger charge is 2.16. The molecule has 0 radical (unpaired) electrons. The quantitative estimate of drug-likeness (QED) is 0.781. The van der Waals surface area contributed by atoms with Gasteiger partial charge in [-0.05, 0) is 25.0 Å². The van der Waals surface area contributed by atoms with Gasteiger partial charge in [0.1, 0.15) is 0 Å². The van der Waals surface area contributed by atoms with Crippen molar-refractivity contribution in [1.29, 1.82) is 0 Å². The molecule has 1 aromatic rings. The predicted octanol–water partition coefficient (Wildman–Crippen LogP) is 3.31. The molecule has 1 saturated heterocycles. The molecule has 2 heterocycles. The molecule has 1 fully saturated rings. The third kappa shape index (κ3) is 6.40. The predicted molar refractivity (Wildman–Crippen MR) is 91.3 cm³/mol. The van der Waals surface area contributed by atoms with E-state index in [9.17, 15) is 4.79 Å². The maximum absolute atomic E-state index is 11.9. The molecule has 1 N–H and O–H groups in total. The normalized spacial score (nSPS) is 18.6. The first-order valence-electron chi connectivity index (χ1n) is 8.00. The van der Waals surface area contributed by atoms with Crippen LogP contribution < -0.4 is 5.32 Å². The minimum absolute atomic E-state index is 0.0613. The van der Waals surface area contributed by atoms with E-state index in [1.165, 1.54) is 0 Å². The van der Waals surface area contributed by atoms with Gasteiger partial charge in [-0.15, -0.1) is 0 Å². The van der Waals surface area contributed by atoms with E-state index in [0.29, 0.717) is 6.42 Å². The van der Waals surface area contributed by atoms with Crippen molar-refractivity contribution in [2.75, 3.05) is 17.7 Å². The van der Waals surface area contributed by atoms with Crippen LogP contribution in [0.15, 0.2) is 12.4 Å². The summed E-state index contributed by atoms with van der Waals surface area (Å²) in [6.07, 6.45) is 7.52. The van der Waals surface area contributed by atoms with Gasteiger partial charge < -0.3 is 10.1 Å². The van der Waals surface area contributed by atoms with Crippen LogP contribution in [-0.2, 0) is 16.1 Å². The second-order valence-electron chi connectivity index (χ2n) is 6.70. The van der Waals surface area contributed by atoms with Gasteiger partial charge in [-0.1, -0.05) is 20.8 Å². The molecule has 1 atom stereocenters. The lowest BCUT2D eigenvalue weighted by Crippen LogP contribution is -2.15. The average molecular weight is 325 g/mol. The molecule has 0 aliphatic carbocycles. The fraction of sp³-hybridized carbons (Fsp3) is 0.750. The van der Waals surface area contributed by atoms with Crippen LogP contribution in [0.4, 0.5) is 5.69 Å². The van der Waals surface area contributed by atoms with E-state index in [1.54, 1.807) is 6.20 Å². The van der Waals surface area contributed by atoms with Crippen molar-refractivity contribution in [1.82, 2.24) is 9.78 Å². The van der Waals surface area contributed by atoms with Crippen molar-refractivity contribution in [3.63, 3.8) is 0 Å². The lowest BCUT2D eigenvalue weighted by molar-refractivity contribution is -0.116. The summed E-state index contributed by atoms with van der Waals surface area (Å²) in [7, 11) is 0. The van der Waals surface area contributed by atoms with Crippen LogP contribution in [0.3, 0.4) is 0 Å². The molecule has 2 rings (SSSR count). The van der Waals surface area contributed by atoms with Gasteiger partial charge in [-0.25, -0.2) is 0 Å². The monoisotopic (exact) mass is 325 g/mol. The first-order chi connectivity index (χ1) is 10.4. The molecule has 1 aliphatic heterocycles. The summed E-state index contributed by atoms with van der Waals surface area (Å²) >= 11 is 1.89. The second kappa shape index (κ2) is 8.02. The summed E-state index contributed by atoms with van der Waals surface area (Å²) in [6.45, 7) is 8.20. The minimum Gasteiger partial charge on any atom is -0.376 e. The Morgan fingerprint density at radius 2 is 2.36 bits per heavy atom. The molecular formula is C16H27N3O2S. The van der Waals surface area contributed by atoms with E-state index in [2.05, 4.69) is 31.2 Å². The molecule has 0 spiro atoms. The standard InChI is InChI=1S/C16H27N3O2S/c1-16(2,3)22-9-5-7-15(20)18-13-10-17-19(11-13)12-14-6-4-8-21-14/h10-11,14H,4-9,12H2,1-3H3,(H,18,20)/t14-/m0/s1. The maximum atomic E-state index is 11.9.